The molecule has 44 aliphatic heterocycles. The fourth-order valence-corrected chi connectivity index (χ4v) is 19.3. The molecule has 34 N–H and O–H groups in total. The highest BCUT2D eigenvalue weighted by Gasteiger charge is 2.64. The second-order valence-electron chi connectivity index (χ2n) is 36.1. The van der Waals surface area contributed by atoms with Crippen LogP contribution in [0.1, 0.15) is 11.1 Å². The molecule has 24 bridgehead atoms. The van der Waals surface area contributed by atoms with Gasteiger partial charge >= 0.3 is 0 Å². The van der Waals surface area contributed by atoms with Crippen LogP contribution >= 0.6 is 0 Å². The van der Waals surface area contributed by atoms with Gasteiger partial charge in [-0.05, 0) is 11.1 Å². The van der Waals surface area contributed by atoms with E-state index in [4.69, 9.17) is 123 Å². The number of aliphatic hydroxyl groups excluding tert-OH is 34. The second kappa shape index (κ2) is 48.0. The first kappa shape index (κ1) is 111. The topological polar surface area (TPSA) is 928 Å². The molecule has 60 unspecified atom stereocenters. The van der Waals surface area contributed by atoms with E-state index in [1.807, 2.05) is 0 Å². The van der Waals surface area contributed by atoms with Crippen LogP contribution in [0.4, 0.5) is 0 Å². The summed E-state index contributed by atoms with van der Waals surface area (Å²) in [5.74, 6) is 0. The fourth-order valence-electron chi connectivity index (χ4n) is 19.3. The van der Waals surface area contributed by atoms with Crippen LogP contribution in [-0.2, 0) is 136 Å². The molecule has 60 atom stereocenters. The van der Waals surface area contributed by atoms with E-state index in [0.717, 1.165) is 0 Å². The maximum Gasteiger partial charge on any atom is 0.187 e. The summed E-state index contributed by atoms with van der Waals surface area (Å²) in [4.78, 5) is 0. The maximum atomic E-state index is 12.7. The predicted octanol–water partition coefficient (Wildman–Crippen LogP) is -23.3. The van der Waals surface area contributed by atoms with Crippen molar-refractivity contribution in [1.82, 2.24) is 0 Å². The van der Waals surface area contributed by atoms with Gasteiger partial charge in [-0.1, -0.05) is 24.3 Å². The lowest BCUT2D eigenvalue weighted by Gasteiger charge is -2.51. The van der Waals surface area contributed by atoms with Gasteiger partial charge in [0.25, 0.3) is 0 Å². The second-order valence-corrected chi connectivity index (χ2v) is 36.1. The van der Waals surface area contributed by atoms with Gasteiger partial charge in [0, 0.05) is 0 Å². The Morgan fingerprint density at radius 1 is 0.171 bits per heavy atom. The fraction of sp³-hybridized carbons (Fsp3) is 0.925. The summed E-state index contributed by atoms with van der Waals surface area (Å²) in [5.41, 5.74) is 0.331. The minimum Gasteiger partial charge on any atom is -0.394 e. The van der Waals surface area contributed by atoms with Gasteiger partial charge in [-0.15, -0.1) is 0 Å². The average molecular weight is 2050 g/mol. The van der Waals surface area contributed by atoms with Gasteiger partial charge in [-0.2, -0.15) is 0 Å². The first-order chi connectivity index (χ1) is 66.9. The molecule has 45 rings (SSSR count). The van der Waals surface area contributed by atoms with Crippen molar-refractivity contribution in [1.29, 1.82) is 0 Å². The molecular weight excluding hydrogens is 1920 g/mol. The van der Waals surface area contributed by atoms with E-state index >= 15 is 0 Å². The quantitative estimate of drug-likeness (QED) is 0.0649. The SMILES string of the molecule is OCC1OC2OC3C(CO)OC(OC4C(CO)OC(OC5C(COCc6cccc(COC7C8OC(CO)C(OC9OC(CO)C(OC%10OC(CO)C(OC%11OC(CO)C(OC%12OC(CO)C(OC%13OC(CO)C(O8)C(O)C%13O)C(O)C%12O)C(O)C%11O)C(O)C%10O)C(O)C9O)C7O)c6)OC(OC6C(CO)OC(OC7C(CO)OC(OC1C(O)C2O)C(O)C7O)C(O)C6O)C(O)C5O)C(O)C4O)C(O)C3O. The molecule has 44 heterocycles. The molecule has 0 radical (unpaired) electrons. The van der Waals surface area contributed by atoms with Crippen LogP contribution in [0.25, 0.3) is 0 Å². The summed E-state index contributed by atoms with van der Waals surface area (Å²) in [6.07, 6.45) is -127. The zero-order valence-corrected chi connectivity index (χ0v) is 73.7. The van der Waals surface area contributed by atoms with Gasteiger partial charge in [-0.3, -0.25) is 0 Å². The zero-order chi connectivity index (χ0) is 101. The zero-order valence-electron chi connectivity index (χ0n) is 73.7. The minimum absolute atomic E-state index is 0.138. The van der Waals surface area contributed by atoms with E-state index in [9.17, 15) is 174 Å². The van der Waals surface area contributed by atoms with Crippen molar-refractivity contribution in [2.45, 2.75) is 382 Å². The molecule has 44 fully saturated rings. The van der Waals surface area contributed by atoms with Crippen LogP contribution in [0.15, 0.2) is 24.3 Å². The van der Waals surface area contributed by atoms with Gasteiger partial charge in [0.05, 0.1) is 92.5 Å². The Morgan fingerprint density at radius 2 is 0.321 bits per heavy atom. The Bertz CT molecular complexity index is 3930. The molecule has 44 saturated heterocycles. The third-order valence-electron chi connectivity index (χ3n) is 27.1. The van der Waals surface area contributed by atoms with Crippen molar-refractivity contribution < 1.29 is 297 Å². The maximum absolute atomic E-state index is 12.7. The summed E-state index contributed by atoms with van der Waals surface area (Å²) in [6.45, 7) is -14.4. The average Bonchev–Trinajstić information content (AvgIpc) is 0.759. The molecule has 60 nitrogen and oxygen atoms in total. The van der Waals surface area contributed by atoms with Crippen molar-refractivity contribution in [2.75, 3.05) is 79.3 Å². The largest absolute Gasteiger partial charge is 0.394 e. The number of hydrogen-bond acceptors (Lipinski definition) is 60. The van der Waals surface area contributed by atoms with Gasteiger partial charge < -0.3 is 297 Å². The van der Waals surface area contributed by atoms with Crippen LogP contribution in [0, 0.1) is 0 Å². The summed E-state index contributed by atoms with van der Waals surface area (Å²) in [7, 11) is 0. The third kappa shape index (κ3) is 22.5. The highest BCUT2D eigenvalue weighted by molar-refractivity contribution is 5.23. The van der Waals surface area contributed by atoms with Gasteiger partial charge in [-0.25, -0.2) is 0 Å². The lowest BCUT2D eigenvalue weighted by Crippen LogP contribution is -2.69. The first-order valence-corrected chi connectivity index (χ1v) is 45.3. The third-order valence-corrected chi connectivity index (χ3v) is 27.1. The van der Waals surface area contributed by atoms with Crippen LogP contribution in [0.5, 0.6) is 0 Å². The predicted molar refractivity (Wildman–Crippen MR) is 423 cm³/mol. The highest BCUT2D eigenvalue weighted by Crippen LogP contribution is 2.44. The molecule has 44 aliphatic rings. The highest BCUT2D eigenvalue weighted by atomic mass is 16.8. The molecule has 140 heavy (non-hydrogen) atoms. The molecule has 0 aromatic heterocycles. The van der Waals surface area contributed by atoms with Crippen molar-refractivity contribution in [2.24, 2.45) is 0 Å². The number of aliphatic hydroxyl groups is 34. The first-order valence-electron chi connectivity index (χ1n) is 45.3. The van der Waals surface area contributed by atoms with E-state index in [0.29, 0.717) is 0 Å². The van der Waals surface area contributed by atoms with Crippen molar-refractivity contribution in [3.8, 4) is 0 Å². The molecule has 0 spiro atoms. The van der Waals surface area contributed by atoms with Crippen LogP contribution in [0.3, 0.4) is 0 Å². The molecule has 806 valence electrons. The Labute approximate surface area is 790 Å². The van der Waals surface area contributed by atoms with Crippen LogP contribution in [-0.4, -0.2) is 621 Å². The monoisotopic (exact) mass is 2050 g/mol. The van der Waals surface area contributed by atoms with Gasteiger partial charge in [0.1, 0.15) is 293 Å². The number of hydrogen-bond donors (Lipinski definition) is 34. The Morgan fingerprint density at radius 3 is 0.507 bits per heavy atom. The Balaban J connectivity index is 0.691. The van der Waals surface area contributed by atoms with Crippen molar-refractivity contribution >= 4 is 0 Å². The van der Waals surface area contributed by atoms with Crippen molar-refractivity contribution in [3.63, 3.8) is 0 Å². The lowest BCUT2D eigenvalue weighted by atomic mass is 9.94. The van der Waals surface area contributed by atoms with Gasteiger partial charge in [0.15, 0.2) is 75.5 Å². The summed E-state index contributed by atoms with van der Waals surface area (Å²) in [5, 5.41) is 388. The molecule has 1 aromatic carbocycles. The van der Waals surface area contributed by atoms with E-state index < -0.39 is 461 Å². The molecule has 1 aromatic rings. The molecule has 0 amide bonds. The van der Waals surface area contributed by atoms with E-state index in [1.54, 1.807) is 0 Å². The molecular formula is C80H126O60. The van der Waals surface area contributed by atoms with Crippen LogP contribution in [0.2, 0.25) is 0 Å². The summed E-state index contributed by atoms with van der Waals surface area (Å²) >= 11 is 0. The normalized spacial score (nSPS) is 53.0. The lowest BCUT2D eigenvalue weighted by molar-refractivity contribution is -0.405. The molecule has 0 aliphatic carbocycles. The minimum atomic E-state index is -2.38. The van der Waals surface area contributed by atoms with Gasteiger partial charge in [0.2, 0.25) is 0 Å². The Kier molecular flexibility index (Phi) is 38.0. The van der Waals surface area contributed by atoms with E-state index in [1.165, 1.54) is 24.3 Å². The smallest absolute Gasteiger partial charge is 0.187 e. The van der Waals surface area contributed by atoms with E-state index in [2.05, 4.69) is 0 Å². The Hall–Kier alpha value is -3.18. The number of ether oxygens (including phenoxy) is 26. The van der Waals surface area contributed by atoms with Crippen molar-refractivity contribution in [3.05, 3.63) is 35.4 Å². The standard InChI is InChI=1S/C80H126O60/c81-5-21-56-33(92)44(103)70(117-21)131-59-24(8-84)121-74(48(107)37(59)96)135-63-28(12-88)125-78(52(111)41(63)100)139-67-32(128-79(54(113)43(67)102)137-64-29(13-89)123-75(50(109)39(64)98)133-60-25(9-85)119-71(129-56)46(105)35(60)94)18-115-16-19-2-1-3-20(4-19)17-116-68-55(114)66-31(15-91)127-80(68)140-65-30(14-90)126-76(53(112)42(65)101)136-61-26(10-86)122-72(49(108)38(61)97)132-57-22(6-82)118-69(45(104)34(57)93)130-58-23(7-83)120-73(47(106)36(58)95)134-62-27(11-87)124-77(138-66)51(110)40(62)99/h1-4,21-114H,5-18H2. The van der Waals surface area contributed by atoms with E-state index in [-0.39, 0.29) is 11.1 Å². The summed E-state index contributed by atoms with van der Waals surface area (Å²) < 4.78 is 154. The number of rotatable bonds is 18. The molecule has 0 saturated carbocycles. The van der Waals surface area contributed by atoms with Crippen LogP contribution < -0.4 is 0 Å². The molecule has 60 heteroatoms. The summed E-state index contributed by atoms with van der Waals surface area (Å²) in [6, 6.07) is 5.73. The number of benzene rings is 1.